The maximum absolute atomic E-state index is 9.73. The van der Waals surface area contributed by atoms with Crippen LogP contribution in [0.2, 0.25) is 0 Å². The number of aliphatic hydroxyl groups excluding tert-OH is 1. The second-order valence-electron chi connectivity index (χ2n) is 4.02. The quantitative estimate of drug-likeness (QED) is 0.845. The number of hydrogen-bond acceptors (Lipinski definition) is 3. The van der Waals surface area contributed by atoms with E-state index in [4.69, 9.17) is 10.00 Å². The minimum Gasteiger partial charge on any atom is -0.475 e. The number of benzene rings is 1. The van der Waals surface area contributed by atoms with Crippen molar-refractivity contribution in [2.45, 2.75) is 38.4 Å². The van der Waals surface area contributed by atoms with Gasteiger partial charge in [-0.2, -0.15) is 5.26 Å². The van der Waals surface area contributed by atoms with E-state index in [9.17, 15) is 5.11 Å². The molecular formula is C13H15NO2. The first-order valence-corrected chi connectivity index (χ1v) is 5.62. The van der Waals surface area contributed by atoms with E-state index in [1.54, 1.807) is 0 Å². The highest BCUT2D eigenvalue weighted by atomic mass is 16.5. The third-order valence-corrected chi connectivity index (χ3v) is 2.98. The third kappa shape index (κ3) is 1.89. The van der Waals surface area contributed by atoms with Crippen molar-refractivity contribution in [3.8, 4) is 11.8 Å². The van der Waals surface area contributed by atoms with Crippen molar-refractivity contribution in [2.75, 3.05) is 0 Å². The molecule has 2 unspecified atom stereocenters. The second-order valence-corrected chi connectivity index (χ2v) is 4.02. The standard InChI is InChI=1S/C13H15NO2/c1-2-9(8-14)16-13-5-3-4-10-11(13)6-7-12(10)15/h3-5,9,12,15H,2,6-7H2,1H3. The van der Waals surface area contributed by atoms with Crippen molar-refractivity contribution in [3.05, 3.63) is 29.3 Å². The molecule has 1 aromatic rings. The van der Waals surface area contributed by atoms with Gasteiger partial charge in [0.15, 0.2) is 6.10 Å². The first-order valence-electron chi connectivity index (χ1n) is 5.62. The van der Waals surface area contributed by atoms with Crippen molar-refractivity contribution in [1.82, 2.24) is 0 Å². The Labute approximate surface area is 95.3 Å². The molecule has 0 radical (unpaired) electrons. The van der Waals surface area contributed by atoms with E-state index >= 15 is 0 Å². The smallest absolute Gasteiger partial charge is 0.184 e. The van der Waals surface area contributed by atoms with Crippen LogP contribution in [-0.4, -0.2) is 11.2 Å². The monoisotopic (exact) mass is 217 g/mol. The Balaban J connectivity index is 2.27. The van der Waals surface area contributed by atoms with Gasteiger partial charge >= 0.3 is 0 Å². The number of aliphatic hydroxyl groups is 1. The molecule has 1 N–H and O–H groups in total. The molecule has 2 rings (SSSR count). The fourth-order valence-electron chi connectivity index (χ4n) is 2.06. The van der Waals surface area contributed by atoms with Gasteiger partial charge in [-0.3, -0.25) is 0 Å². The Morgan fingerprint density at radius 2 is 2.44 bits per heavy atom. The molecule has 1 aromatic carbocycles. The zero-order valence-corrected chi connectivity index (χ0v) is 9.31. The van der Waals surface area contributed by atoms with E-state index in [1.807, 2.05) is 25.1 Å². The largest absolute Gasteiger partial charge is 0.475 e. The van der Waals surface area contributed by atoms with Crippen molar-refractivity contribution < 1.29 is 9.84 Å². The van der Waals surface area contributed by atoms with Crippen LogP contribution in [0.4, 0.5) is 0 Å². The van der Waals surface area contributed by atoms with Gasteiger partial charge in [-0.1, -0.05) is 19.1 Å². The molecule has 0 heterocycles. The van der Waals surface area contributed by atoms with Crippen LogP contribution in [0, 0.1) is 11.3 Å². The molecule has 16 heavy (non-hydrogen) atoms. The third-order valence-electron chi connectivity index (χ3n) is 2.98. The van der Waals surface area contributed by atoms with Crippen LogP contribution in [0.3, 0.4) is 0 Å². The van der Waals surface area contributed by atoms with E-state index < -0.39 is 6.10 Å². The second kappa shape index (κ2) is 4.54. The minimum atomic E-state index is -0.399. The lowest BCUT2D eigenvalue weighted by atomic mass is 10.1. The predicted molar refractivity (Wildman–Crippen MR) is 60.0 cm³/mol. The normalized spacial score (nSPS) is 19.9. The number of nitriles is 1. The molecule has 1 aliphatic carbocycles. The molecule has 0 bridgehead atoms. The highest BCUT2D eigenvalue weighted by molar-refractivity contribution is 5.44. The van der Waals surface area contributed by atoms with Gasteiger partial charge in [-0.15, -0.1) is 0 Å². The van der Waals surface area contributed by atoms with Gasteiger partial charge < -0.3 is 9.84 Å². The summed E-state index contributed by atoms with van der Waals surface area (Å²) in [7, 11) is 0. The maximum Gasteiger partial charge on any atom is 0.184 e. The molecule has 1 aliphatic rings. The number of nitrogens with zero attached hydrogens (tertiary/aromatic N) is 1. The van der Waals surface area contributed by atoms with Crippen LogP contribution < -0.4 is 4.74 Å². The van der Waals surface area contributed by atoms with Crippen molar-refractivity contribution in [1.29, 1.82) is 5.26 Å². The lowest BCUT2D eigenvalue weighted by Gasteiger charge is -2.14. The van der Waals surface area contributed by atoms with Crippen molar-refractivity contribution in [3.63, 3.8) is 0 Å². The average Bonchev–Trinajstić information content (AvgIpc) is 2.69. The highest BCUT2D eigenvalue weighted by Gasteiger charge is 2.24. The summed E-state index contributed by atoms with van der Waals surface area (Å²) in [5, 5.41) is 18.6. The Kier molecular flexibility index (Phi) is 3.12. The van der Waals surface area contributed by atoms with Crippen LogP contribution in [0.15, 0.2) is 18.2 Å². The number of fused-ring (bicyclic) bond motifs is 1. The summed E-state index contributed by atoms with van der Waals surface area (Å²) in [5.41, 5.74) is 2.01. The summed E-state index contributed by atoms with van der Waals surface area (Å²) in [6.45, 7) is 1.92. The molecule has 0 saturated heterocycles. The molecule has 0 saturated carbocycles. The van der Waals surface area contributed by atoms with Gasteiger partial charge in [0, 0.05) is 5.56 Å². The van der Waals surface area contributed by atoms with Gasteiger partial charge in [-0.05, 0) is 30.9 Å². The summed E-state index contributed by atoms with van der Waals surface area (Å²) in [6, 6.07) is 7.78. The van der Waals surface area contributed by atoms with E-state index in [2.05, 4.69) is 6.07 Å². The minimum absolute atomic E-state index is 0.374. The zero-order chi connectivity index (χ0) is 11.5. The average molecular weight is 217 g/mol. The van der Waals surface area contributed by atoms with Gasteiger partial charge in [0.25, 0.3) is 0 Å². The van der Waals surface area contributed by atoms with E-state index in [0.29, 0.717) is 6.42 Å². The molecule has 0 aliphatic heterocycles. The Morgan fingerprint density at radius 3 is 3.12 bits per heavy atom. The summed E-state index contributed by atoms with van der Waals surface area (Å²) in [5.74, 6) is 0.752. The van der Waals surface area contributed by atoms with Crippen LogP contribution in [0.1, 0.15) is 37.0 Å². The molecule has 0 amide bonds. The number of ether oxygens (including phenoxy) is 1. The lowest BCUT2D eigenvalue weighted by molar-refractivity contribution is 0.180. The summed E-state index contributed by atoms with van der Waals surface area (Å²) >= 11 is 0. The van der Waals surface area contributed by atoms with E-state index in [1.165, 1.54) is 0 Å². The Hall–Kier alpha value is -1.53. The van der Waals surface area contributed by atoms with Crippen LogP contribution in [0.5, 0.6) is 5.75 Å². The molecule has 3 heteroatoms. The molecule has 3 nitrogen and oxygen atoms in total. The predicted octanol–water partition coefficient (Wildman–Crippen LogP) is 2.35. The fraction of sp³-hybridized carbons (Fsp3) is 0.462. The van der Waals surface area contributed by atoms with Gasteiger partial charge in [-0.25, -0.2) is 0 Å². The summed E-state index contributed by atoms with van der Waals surface area (Å²) in [6.07, 6.45) is 1.47. The first kappa shape index (κ1) is 11.0. The van der Waals surface area contributed by atoms with Gasteiger partial charge in [0.05, 0.1) is 6.10 Å². The van der Waals surface area contributed by atoms with Crippen LogP contribution in [0.25, 0.3) is 0 Å². The van der Waals surface area contributed by atoms with Crippen molar-refractivity contribution in [2.24, 2.45) is 0 Å². The topological polar surface area (TPSA) is 53.2 Å². The molecular weight excluding hydrogens is 202 g/mol. The number of rotatable bonds is 3. The summed E-state index contributed by atoms with van der Waals surface area (Å²) in [4.78, 5) is 0. The molecule has 0 aromatic heterocycles. The zero-order valence-electron chi connectivity index (χ0n) is 9.31. The van der Waals surface area contributed by atoms with Crippen LogP contribution >= 0.6 is 0 Å². The first-order chi connectivity index (χ1) is 7.76. The van der Waals surface area contributed by atoms with E-state index in [-0.39, 0.29) is 6.10 Å². The molecule has 2 atom stereocenters. The number of hydrogen-bond donors (Lipinski definition) is 1. The van der Waals surface area contributed by atoms with Gasteiger partial charge in [0.1, 0.15) is 11.8 Å². The highest BCUT2D eigenvalue weighted by Crippen LogP contribution is 2.37. The Bertz CT molecular complexity index is 422. The van der Waals surface area contributed by atoms with E-state index in [0.717, 1.165) is 29.7 Å². The lowest BCUT2D eigenvalue weighted by Crippen LogP contribution is -2.13. The molecule has 0 fully saturated rings. The Morgan fingerprint density at radius 1 is 1.62 bits per heavy atom. The molecule has 0 spiro atoms. The summed E-state index contributed by atoms with van der Waals surface area (Å²) < 4.78 is 5.63. The molecule has 84 valence electrons. The SMILES string of the molecule is CCC(C#N)Oc1cccc2c1CCC2O. The van der Waals surface area contributed by atoms with Crippen molar-refractivity contribution >= 4 is 0 Å². The maximum atomic E-state index is 9.73. The fourth-order valence-corrected chi connectivity index (χ4v) is 2.06. The van der Waals surface area contributed by atoms with Crippen LogP contribution in [-0.2, 0) is 6.42 Å². The van der Waals surface area contributed by atoms with Gasteiger partial charge in [0.2, 0.25) is 0 Å².